The molecule has 0 bridgehead atoms. The number of rotatable bonds is 13. The lowest BCUT2D eigenvalue weighted by Gasteiger charge is -2.54. The standard InChI is InChI=1S/C43H68O7Si2/c1-15-23-42(10,48-34-19-17-16-18-28(34)2)39(45)47-35-26-31(40(4,5)6)25-30-21-20-29(3)43(36(30)35,50-52(13)14)24-22-32-27-33(41(7,8)9)37(38(44)46-32)49-51(11)12/h16-21,25,29,31-33,35-37H,15,22-24,26-27H2,1-14H3/t29-,31+,32+,33-,35-,36+,37?,42?,43-/m0/s1. The first-order valence-corrected chi connectivity index (χ1v) is 24.4. The van der Waals surface area contributed by atoms with Crippen LogP contribution in [0.1, 0.15) is 106 Å². The van der Waals surface area contributed by atoms with E-state index in [1.807, 2.05) is 38.1 Å². The van der Waals surface area contributed by atoms with Crippen LogP contribution in [0.15, 0.2) is 48.1 Å². The van der Waals surface area contributed by atoms with Crippen LogP contribution < -0.4 is 4.74 Å². The maximum absolute atomic E-state index is 14.6. The van der Waals surface area contributed by atoms with Crippen LogP contribution >= 0.6 is 0 Å². The van der Waals surface area contributed by atoms with E-state index < -0.39 is 41.5 Å². The quantitative estimate of drug-likeness (QED) is 0.147. The molecule has 0 N–H and O–H groups in total. The van der Waals surface area contributed by atoms with Crippen molar-refractivity contribution in [2.75, 3.05) is 0 Å². The maximum atomic E-state index is 14.6. The number of cyclic esters (lactones) is 1. The van der Waals surface area contributed by atoms with E-state index >= 15 is 0 Å². The van der Waals surface area contributed by atoms with Gasteiger partial charge in [-0.25, -0.2) is 9.59 Å². The number of hydrogen-bond donors (Lipinski definition) is 0. The lowest BCUT2D eigenvalue weighted by Crippen LogP contribution is -2.58. The fourth-order valence-corrected chi connectivity index (χ4v) is 10.5. The molecule has 0 amide bonds. The highest BCUT2D eigenvalue weighted by Gasteiger charge is 2.56. The number of allylic oxidation sites excluding steroid dienone is 2. The van der Waals surface area contributed by atoms with E-state index in [-0.39, 0.29) is 52.5 Å². The third-order valence-electron chi connectivity index (χ3n) is 11.6. The second-order valence-electron chi connectivity index (χ2n) is 18.5. The van der Waals surface area contributed by atoms with Crippen molar-refractivity contribution in [2.45, 2.75) is 163 Å². The topological polar surface area (TPSA) is 80.3 Å². The third kappa shape index (κ3) is 9.71. The van der Waals surface area contributed by atoms with Gasteiger partial charge in [0.15, 0.2) is 0 Å². The molecule has 0 saturated carbocycles. The molecule has 0 spiro atoms. The minimum Gasteiger partial charge on any atom is -0.476 e. The fraction of sp³-hybridized carbons (Fsp3) is 0.721. The fourth-order valence-electron chi connectivity index (χ4n) is 8.61. The molecule has 2 unspecified atom stereocenters. The van der Waals surface area contributed by atoms with Crippen LogP contribution in [-0.2, 0) is 27.9 Å². The Morgan fingerprint density at radius 1 is 0.981 bits per heavy atom. The van der Waals surface area contributed by atoms with E-state index in [9.17, 15) is 9.59 Å². The van der Waals surface area contributed by atoms with E-state index in [0.29, 0.717) is 31.4 Å². The van der Waals surface area contributed by atoms with E-state index in [4.69, 9.17) is 23.1 Å². The predicted octanol–water partition coefficient (Wildman–Crippen LogP) is 10.1. The number of carbonyl (C=O) groups is 2. The van der Waals surface area contributed by atoms with Gasteiger partial charge in [-0.05, 0) is 106 Å². The summed E-state index contributed by atoms with van der Waals surface area (Å²) < 4.78 is 33.1. The summed E-state index contributed by atoms with van der Waals surface area (Å²) in [5.41, 5.74) is 0.192. The number of esters is 2. The van der Waals surface area contributed by atoms with Crippen LogP contribution in [0.4, 0.5) is 0 Å². The smallest absolute Gasteiger partial charge is 0.350 e. The molecule has 1 fully saturated rings. The number of para-hydroxylation sites is 1. The molecule has 290 valence electrons. The Morgan fingerprint density at radius 2 is 1.65 bits per heavy atom. The molecular weight excluding hydrogens is 685 g/mol. The van der Waals surface area contributed by atoms with Gasteiger partial charge in [-0.3, -0.25) is 0 Å². The minimum atomic E-state index is -1.22. The van der Waals surface area contributed by atoms with Crippen molar-refractivity contribution in [3.63, 3.8) is 0 Å². The summed E-state index contributed by atoms with van der Waals surface area (Å²) in [6, 6.07) is 7.84. The molecule has 9 heteroatoms. The Labute approximate surface area is 319 Å². The van der Waals surface area contributed by atoms with Gasteiger partial charge in [-0.2, -0.15) is 0 Å². The molecule has 0 aromatic heterocycles. The predicted molar refractivity (Wildman–Crippen MR) is 213 cm³/mol. The zero-order chi connectivity index (χ0) is 38.8. The van der Waals surface area contributed by atoms with Crippen molar-refractivity contribution in [2.24, 2.45) is 34.5 Å². The molecule has 1 saturated heterocycles. The van der Waals surface area contributed by atoms with Crippen molar-refractivity contribution in [3.8, 4) is 5.75 Å². The monoisotopic (exact) mass is 752 g/mol. The first-order valence-electron chi connectivity index (χ1n) is 19.6. The zero-order valence-corrected chi connectivity index (χ0v) is 36.7. The van der Waals surface area contributed by atoms with Gasteiger partial charge in [0.05, 0.1) is 5.60 Å². The average molecular weight is 753 g/mol. The Hall–Kier alpha value is -2.21. The summed E-state index contributed by atoms with van der Waals surface area (Å²) in [6.07, 6.45) is 9.80. The molecule has 1 heterocycles. The van der Waals surface area contributed by atoms with Crippen LogP contribution in [-0.4, -0.2) is 59.5 Å². The number of ether oxygens (including phenoxy) is 3. The summed E-state index contributed by atoms with van der Waals surface area (Å²) in [5.74, 6) is 0.228. The van der Waals surface area contributed by atoms with Crippen LogP contribution in [0.2, 0.25) is 26.2 Å². The third-order valence-corrected chi connectivity index (χ3v) is 13.1. The van der Waals surface area contributed by atoms with Crippen LogP contribution in [0, 0.1) is 41.4 Å². The Balaban J connectivity index is 1.73. The summed E-state index contributed by atoms with van der Waals surface area (Å²) in [6.45, 7) is 30.1. The van der Waals surface area contributed by atoms with Crippen LogP contribution in [0.25, 0.3) is 0 Å². The molecule has 1 aliphatic heterocycles. The van der Waals surface area contributed by atoms with Gasteiger partial charge < -0.3 is 23.1 Å². The van der Waals surface area contributed by atoms with E-state index in [0.717, 1.165) is 18.4 Å². The van der Waals surface area contributed by atoms with E-state index in [1.165, 1.54) is 5.57 Å². The summed E-state index contributed by atoms with van der Waals surface area (Å²) in [7, 11) is -2.31. The van der Waals surface area contributed by atoms with Crippen LogP contribution in [0.5, 0.6) is 5.75 Å². The molecule has 2 radical (unpaired) electrons. The Morgan fingerprint density at radius 3 is 2.23 bits per heavy atom. The van der Waals surface area contributed by atoms with Gasteiger partial charge in [0.25, 0.3) is 0 Å². The van der Waals surface area contributed by atoms with Crippen molar-refractivity contribution in [1.29, 1.82) is 0 Å². The number of carbonyl (C=O) groups excluding carboxylic acids is 2. The van der Waals surface area contributed by atoms with Gasteiger partial charge in [-0.15, -0.1) is 0 Å². The molecule has 1 aromatic rings. The highest BCUT2D eigenvalue weighted by molar-refractivity contribution is 6.49. The Bertz CT molecular complexity index is 1460. The van der Waals surface area contributed by atoms with Crippen molar-refractivity contribution in [1.82, 2.24) is 0 Å². The second-order valence-corrected chi connectivity index (χ2v) is 22.6. The lowest BCUT2D eigenvalue weighted by atomic mass is 9.59. The molecule has 52 heavy (non-hydrogen) atoms. The second kappa shape index (κ2) is 16.7. The van der Waals surface area contributed by atoms with E-state index in [2.05, 4.69) is 99.8 Å². The molecular formula is C43H68O7Si2. The van der Waals surface area contributed by atoms with Gasteiger partial charge >= 0.3 is 11.9 Å². The average Bonchev–Trinajstić information content (AvgIpc) is 3.02. The SMILES string of the molecule is CCCC(C)(Oc1ccccc1C)C(=O)O[C@H]1C[C@H](C(C)(C)C)C=C2C=C[C@H](C)[C@](CC[C@@H]3C[C@H](C(C)(C)C)C(O[Si](C)C)C(=O)O3)(O[Si](C)C)[C@H]21. The lowest BCUT2D eigenvalue weighted by molar-refractivity contribution is -0.182. The number of fused-ring (bicyclic) bond motifs is 1. The maximum Gasteiger partial charge on any atom is 0.350 e. The van der Waals surface area contributed by atoms with Gasteiger partial charge in [0.1, 0.15) is 24.1 Å². The largest absolute Gasteiger partial charge is 0.476 e. The Kier molecular flexibility index (Phi) is 13.6. The van der Waals surface area contributed by atoms with Gasteiger partial charge in [0.2, 0.25) is 23.7 Å². The van der Waals surface area contributed by atoms with E-state index in [1.54, 1.807) is 0 Å². The zero-order valence-electron chi connectivity index (χ0n) is 34.7. The van der Waals surface area contributed by atoms with Crippen molar-refractivity contribution in [3.05, 3.63) is 53.6 Å². The summed E-state index contributed by atoms with van der Waals surface area (Å²) in [4.78, 5) is 28.1. The first-order chi connectivity index (χ1) is 24.1. The molecule has 2 aliphatic carbocycles. The highest BCUT2D eigenvalue weighted by Crippen LogP contribution is 2.53. The van der Waals surface area contributed by atoms with Crippen molar-refractivity contribution < 1.29 is 32.7 Å². The normalized spacial score (nSPS) is 30.7. The number of aryl methyl sites for hydroxylation is 1. The highest BCUT2D eigenvalue weighted by atomic mass is 28.3. The number of hydrogen-bond acceptors (Lipinski definition) is 7. The first kappa shape index (κ1) is 42.5. The van der Waals surface area contributed by atoms with Crippen LogP contribution in [0.3, 0.4) is 0 Å². The van der Waals surface area contributed by atoms with Gasteiger partial charge in [-0.1, -0.05) is 98.2 Å². The molecule has 4 rings (SSSR count). The minimum absolute atomic E-state index is 0.0349. The molecule has 1 aromatic carbocycles. The number of benzene rings is 1. The summed E-state index contributed by atoms with van der Waals surface area (Å²) in [5, 5.41) is 0. The van der Waals surface area contributed by atoms with Crippen molar-refractivity contribution >= 4 is 30.0 Å². The summed E-state index contributed by atoms with van der Waals surface area (Å²) >= 11 is 0. The molecule has 9 atom stereocenters. The van der Waals surface area contributed by atoms with Gasteiger partial charge in [0, 0.05) is 17.8 Å². The molecule has 7 nitrogen and oxygen atoms in total. The molecule has 3 aliphatic rings.